The van der Waals surface area contributed by atoms with Crippen molar-refractivity contribution in [1.82, 2.24) is 10.2 Å². The minimum Gasteiger partial charge on any atom is -0.374 e. The van der Waals surface area contributed by atoms with Crippen LogP contribution in [0.1, 0.15) is 29.6 Å². The number of carbonyl (C=O) groups excluding carboxylic acids is 1. The normalized spacial score (nSPS) is 22.8. The van der Waals surface area contributed by atoms with Gasteiger partial charge >= 0.3 is 0 Å². The Morgan fingerprint density at radius 2 is 2.00 bits per heavy atom. The molecule has 0 aliphatic carbocycles. The van der Waals surface area contributed by atoms with Gasteiger partial charge in [0.25, 0.3) is 5.91 Å². The van der Waals surface area contributed by atoms with Crippen molar-refractivity contribution in [3.05, 3.63) is 29.8 Å². The van der Waals surface area contributed by atoms with Crippen LogP contribution >= 0.6 is 0 Å². The third kappa shape index (κ3) is 4.24. The molecule has 23 heavy (non-hydrogen) atoms. The Hall–Kier alpha value is -1.59. The Morgan fingerprint density at radius 1 is 1.22 bits per heavy atom. The highest BCUT2D eigenvalue weighted by molar-refractivity contribution is 5.99. The van der Waals surface area contributed by atoms with Crippen LogP contribution in [-0.4, -0.2) is 63.3 Å². The number of rotatable bonds is 4. The summed E-state index contributed by atoms with van der Waals surface area (Å²) >= 11 is 0. The second-order valence-electron chi connectivity index (χ2n) is 6.53. The molecule has 1 aromatic carbocycles. The van der Waals surface area contributed by atoms with Gasteiger partial charge in [-0.25, -0.2) is 0 Å². The molecule has 0 bridgehead atoms. The molecule has 1 N–H and O–H groups in total. The van der Waals surface area contributed by atoms with Crippen LogP contribution in [0.5, 0.6) is 0 Å². The highest BCUT2D eigenvalue weighted by atomic mass is 16.5. The number of nitrogens with one attached hydrogen (secondary N) is 1. The molecule has 2 aliphatic heterocycles. The molecule has 3 rings (SSSR count). The molecule has 126 valence electrons. The summed E-state index contributed by atoms with van der Waals surface area (Å²) in [6, 6.07) is 7.94. The molecule has 0 spiro atoms. The molecule has 2 saturated heterocycles. The maximum absolute atomic E-state index is 12.6. The van der Waals surface area contributed by atoms with Gasteiger partial charge in [0.1, 0.15) is 0 Å². The van der Waals surface area contributed by atoms with Crippen molar-refractivity contribution in [2.24, 2.45) is 0 Å². The van der Waals surface area contributed by atoms with E-state index in [0.29, 0.717) is 6.54 Å². The van der Waals surface area contributed by atoms with Gasteiger partial charge in [-0.15, -0.1) is 0 Å². The lowest BCUT2D eigenvalue weighted by Crippen LogP contribution is -2.46. The van der Waals surface area contributed by atoms with E-state index in [4.69, 9.17) is 4.74 Å². The van der Waals surface area contributed by atoms with Gasteiger partial charge in [0.2, 0.25) is 0 Å². The minimum atomic E-state index is 0.00278. The number of hydrogen-bond donors (Lipinski definition) is 1. The second-order valence-corrected chi connectivity index (χ2v) is 6.53. The molecule has 2 aliphatic rings. The van der Waals surface area contributed by atoms with E-state index in [9.17, 15) is 4.79 Å². The van der Waals surface area contributed by atoms with Gasteiger partial charge in [0.05, 0.1) is 18.3 Å². The average Bonchev–Trinajstić information content (AvgIpc) is 2.60. The molecule has 0 aromatic heterocycles. The van der Waals surface area contributed by atoms with Crippen LogP contribution < -0.4 is 10.2 Å². The summed E-state index contributed by atoms with van der Waals surface area (Å²) in [6.07, 6.45) is 3.79. The lowest BCUT2D eigenvalue weighted by atomic mass is 10.1. The van der Waals surface area contributed by atoms with Crippen molar-refractivity contribution in [2.45, 2.75) is 25.4 Å². The molecule has 5 nitrogen and oxygen atoms in total. The zero-order chi connectivity index (χ0) is 16.1. The highest BCUT2D eigenvalue weighted by Gasteiger charge is 2.21. The number of para-hydroxylation sites is 1. The van der Waals surface area contributed by atoms with Crippen molar-refractivity contribution in [2.75, 3.05) is 51.3 Å². The van der Waals surface area contributed by atoms with Gasteiger partial charge in [-0.3, -0.25) is 4.79 Å². The number of anilines is 1. The van der Waals surface area contributed by atoms with Crippen LogP contribution in [0, 0.1) is 0 Å². The number of carbonyl (C=O) groups is 1. The molecule has 1 aromatic rings. The van der Waals surface area contributed by atoms with E-state index in [2.05, 4.69) is 28.2 Å². The Labute approximate surface area is 138 Å². The molecule has 0 radical (unpaired) electrons. The first kappa shape index (κ1) is 16.3. The average molecular weight is 317 g/mol. The highest BCUT2D eigenvalue weighted by Crippen LogP contribution is 2.24. The van der Waals surface area contributed by atoms with Crippen molar-refractivity contribution >= 4 is 11.6 Å². The smallest absolute Gasteiger partial charge is 0.253 e. The van der Waals surface area contributed by atoms with Crippen molar-refractivity contribution in [1.29, 1.82) is 0 Å². The van der Waals surface area contributed by atoms with E-state index in [1.165, 1.54) is 19.3 Å². The summed E-state index contributed by atoms with van der Waals surface area (Å²) in [5, 5.41) is 3.05. The number of hydrogen-bond acceptors (Lipinski definition) is 4. The maximum atomic E-state index is 12.6. The molecule has 1 unspecified atom stereocenters. The van der Waals surface area contributed by atoms with Crippen LogP contribution in [0.4, 0.5) is 5.69 Å². The lowest BCUT2D eigenvalue weighted by molar-refractivity contribution is -0.0175. The Bertz CT molecular complexity index is 529. The van der Waals surface area contributed by atoms with Crippen LogP contribution in [0.2, 0.25) is 0 Å². The van der Waals surface area contributed by atoms with E-state index >= 15 is 0 Å². The topological polar surface area (TPSA) is 44.8 Å². The molecule has 2 fully saturated rings. The predicted octanol–water partition coefficient (Wildman–Crippen LogP) is 1.74. The molecular formula is C18H27N3O2. The first-order valence-electron chi connectivity index (χ1n) is 8.66. The second kappa shape index (κ2) is 7.79. The van der Waals surface area contributed by atoms with E-state index < -0.39 is 0 Å². The SMILES string of the molecule is CN1CCOC(CNC(=O)c2ccccc2N2CCCCC2)C1. The van der Waals surface area contributed by atoms with Gasteiger partial charge in [-0.2, -0.15) is 0 Å². The van der Waals surface area contributed by atoms with Gasteiger partial charge in [-0.1, -0.05) is 12.1 Å². The van der Waals surface area contributed by atoms with Crippen LogP contribution in [0.15, 0.2) is 24.3 Å². The molecule has 0 saturated carbocycles. The standard InChI is InChI=1S/C18H27N3O2/c1-20-11-12-23-15(14-20)13-19-18(22)16-7-3-4-8-17(16)21-9-5-2-6-10-21/h3-4,7-8,15H,2,5-6,9-14H2,1H3,(H,19,22). The molecular weight excluding hydrogens is 290 g/mol. The van der Waals surface area contributed by atoms with Gasteiger partial charge in [0, 0.05) is 38.4 Å². The number of nitrogens with zero attached hydrogens (tertiary/aromatic N) is 2. The predicted molar refractivity (Wildman–Crippen MR) is 92.1 cm³/mol. The third-order valence-corrected chi connectivity index (χ3v) is 4.68. The Balaban J connectivity index is 1.62. The van der Waals surface area contributed by atoms with E-state index in [1.807, 2.05) is 18.2 Å². The van der Waals surface area contributed by atoms with Gasteiger partial charge in [-0.05, 0) is 38.4 Å². The first-order chi connectivity index (χ1) is 11.2. The van der Waals surface area contributed by atoms with E-state index in [1.54, 1.807) is 0 Å². The maximum Gasteiger partial charge on any atom is 0.253 e. The van der Waals surface area contributed by atoms with Crippen molar-refractivity contribution in [3.8, 4) is 0 Å². The quantitative estimate of drug-likeness (QED) is 0.919. The van der Waals surface area contributed by atoms with Crippen LogP contribution in [-0.2, 0) is 4.74 Å². The molecule has 5 heteroatoms. The summed E-state index contributed by atoms with van der Waals surface area (Å²) in [7, 11) is 2.09. The fraction of sp³-hybridized carbons (Fsp3) is 0.611. The number of piperidine rings is 1. The Kier molecular flexibility index (Phi) is 5.51. The fourth-order valence-corrected chi connectivity index (χ4v) is 3.37. The number of amides is 1. The fourth-order valence-electron chi connectivity index (χ4n) is 3.37. The van der Waals surface area contributed by atoms with Crippen molar-refractivity contribution in [3.63, 3.8) is 0 Å². The zero-order valence-electron chi connectivity index (χ0n) is 14.0. The number of ether oxygens (including phenoxy) is 1. The zero-order valence-corrected chi connectivity index (χ0v) is 14.0. The number of morpholine rings is 1. The van der Waals surface area contributed by atoms with E-state index in [0.717, 1.165) is 44.0 Å². The molecule has 1 amide bonds. The first-order valence-corrected chi connectivity index (χ1v) is 8.66. The van der Waals surface area contributed by atoms with Gasteiger partial charge < -0.3 is 19.9 Å². The largest absolute Gasteiger partial charge is 0.374 e. The summed E-state index contributed by atoms with van der Waals surface area (Å²) in [4.78, 5) is 17.2. The molecule has 1 atom stereocenters. The monoisotopic (exact) mass is 317 g/mol. The molecule has 2 heterocycles. The summed E-state index contributed by atoms with van der Waals surface area (Å²) < 4.78 is 5.71. The summed E-state index contributed by atoms with van der Waals surface area (Å²) in [6.45, 7) is 5.22. The number of benzene rings is 1. The summed E-state index contributed by atoms with van der Waals surface area (Å²) in [5.74, 6) is 0.00278. The van der Waals surface area contributed by atoms with E-state index in [-0.39, 0.29) is 12.0 Å². The van der Waals surface area contributed by atoms with Gasteiger partial charge in [0.15, 0.2) is 0 Å². The minimum absolute atomic E-state index is 0.00278. The lowest BCUT2D eigenvalue weighted by Gasteiger charge is -2.31. The third-order valence-electron chi connectivity index (χ3n) is 4.68. The van der Waals surface area contributed by atoms with Crippen molar-refractivity contribution < 1.29 is 9.53 Å². The Morgan fingerprint density at radius 3 is 2.78 bits per heavy atom. The van der Waals surface area contributed by atoms with Crippen LogP contribution in [0.25, 0.3) is 0 Å². The van der Waals surface area contributed by atoms with Crippen LogP contribution in [0.3, 0.4) is 0 Å². The summed E-state index contributed by atoms with van der Waals surface area (Å²) in [5.41, 5.74) is 1.84. The number of likely N-dealkylation sites (N-methyl/N-ethyl adjacent to an activating group) is 1.